The highest BCUT2D eigenvalue weighted by Crippen LogP contribution is 2.19. The molecule has 1 amide bonds. The van der Waals surface area contributed by atoms with Gasteiger partial charge in [-0.2, -0.15) is 0 Å². The lowest BCUT2D eigenvalue weighted by molar-refractivity contribution is -0.128. The number of thioether (sulfide) groups is 1. The first-order valence-electron chi connectivity index (χ1n) is 4.47. The summed E-state index contributed by atoms with van der Waals surface area (Å²) in [7, 11) is 1.45. The Morgan fingerprint density at radius 2 is 2.31 bits per heavy atom. The standard InChI is InChI=1S/C8H16N2O2S/c1-12-10-8(11)6-13-7-2-4-9-5-3-7/h7,9H,2-6H2,1H3,(H,10,11). The Bertz CT molecular complexity index is 160. The third-order valence-electron chi connectivity index (χ3n) is 1.95. The van der Waals surface area contributed by atoms with Crippen LogP contribution < -0.4 is 10.8 Å². The molecule has 0 aliphatic carbocycles. The first kappa shape index (κ1) is 10.8. The van der Waals surface area contributed by atoms with Crippen molar-refractivity contribution in [2.24, 2.45) is 0 Å². The molecule has 13 heavy (non-hydrogen) atoms. The number of hydroxylamine groups is 1. The van der Waals surface area contributed by atoms with E-state index in [1.807, 2.05) is 0 Å². The maximum absolute atomic E-state index is 11.0. The van der Waals surface area contributed by atoms with Crippen LogP contribution in [0.5, 0.6) is 0 Å². The highest BCUT2D eigenvalue weighted by molar-refractivity contribution is 8.00. The lowest BCUT2D eigenvalue weighted by atomic mass is 10.2. The lowest BCUT2D eigenvalue weighted by Crippen LogP contribution is -2.31. The van der Waals surface area contributed by atoms with Crippen LogP contribution in [0.25, 0.3) is 0 Å². The second kappa shape index (κ2) is 6.23. The van der Waals surface area contributed by atoms with Crippen LogP contribution in [0, 0.1) is 0 Å². The Morgan fingerprint density at radius 1 is 1.62 bits per heavy atom. The third kappa shape index (κ3) is 4.50. The zero-order valence-corrected chi connectivity index (χ0v) is 8.65. The first-order chi connectivity index (χ1) is 6.33. The van der Waals surface area contributed by atoms with E-state index in [-0.39, 0.29) is 5.91 Å². The fourth-order valence-electron chi connectivity index (χ4n) is 1.30. The van der Waals surface area contributed by atoms with E-state index < -0.39 is 0 Å². The van der Waals surface area contributed by atoms with E-state index in [0.29, 0.717) is 11.0 Å². The maximum atomic E-state index is 11.0. The minimum atomic E-state index is -0.0500. The maximum Gasteiger partial charge on any atom is 0.253 e. The molecular formula is C8H16N2O2S. The van der Waals surface area contributed by atoms with Crippen LogP contribution >= 0.6 is 11.8 Å². The summed E-state index contributed by atoms with van der Waals surface area (Å²) >= 11 is 1.71. The molecule has 0 bridgehead atoms. The topological polar surface area (TPSA) is 50.4 Å². The van der Waals surface area contributed by atoms with Crippen molar-refractivity contribution in [2.75, 3.05) is 26.0 Å². The normalized spacial score (nSPS) is 18.5. The van der Waals surface area contributed by atoms with E-state index in [9.17, 15) is 4.79 Å². The first-order valence-corrected chi connectivity index (χ1v) is 5.52. The molecule has 1 aliphatic heterocycles. The molecule has 1 heterocycles. The summed E-state index contributed by atoms with van der Waals surface area (Å²) in [6.07, 6.45) is 2.32. The van der Waals surface area contributed by atoms with Crippen LogP contribution in [0.1, 0.15) is 12.8 Å². The molecule has 5 heteroatoms. The van der Waals surface area contributed by atoms with E-state index in [0.717, 1.165) is 25.9 Å². The molecule has 76 valence electrons. The molecular weight excluding hydrogens is 188 g/mol. The van der Waals surface area contributed by atoms with Crippen molar-refractivity contribution in [1.82, 2.24) is 10.8 Å². The van der Waals surface area contributed by atoms with Crippen molar-refractivity contribution in [3.63, 3.8) is 0 Å². The third-order valence-corrected chi connectivity index (χ3v) is 3.32. The van der Waals surface area contributed by atoms with Crippen molar-refractivity contribution in [3.05, 3.63) is 0 Å². The fourth-order valence-corrected chi connectivity index (χ4v) is 2.31. The summed E-state index contributed by atoms with van der Waals surface area (Å²) in [5.41, 5.74) is 2.31. The molecule has 0 aromatic carbocycles. The monoisotopic (exact) mass is 204 g/mol. The second-order valence-corrected chi connectivity index (χ2v) is 4.28. The zero-order chi connectivity index (χ0) is 9.52. The van der Waals surface area contributed by atoms with Gasteiger partial charge < -0.3 is 5.32 Å². The van der Waals surface area contributed by atoms with Crippen LogP contribution in [0.3, 0.4) is 0 Å². The minimum absolute atomic E-state index is 0.0500. The molecule has 1 rings (SSSR count). The molecule has 0 unspecified atom stereocenters. The number of nitrogens with one attached hydrogen (secondary N) is 2. The molecule has 0 saturated carbocycles. The van der Waals surface area contributed by atoms with Crippen molar-refractivity contribution >= 4 is 17.7 Å². The summed E-state index contributed by atoms with van der Waals surface area (Å²) in [5, 5.41) is 3.92. The predicted octanol–water partition coefficient (Wildman–Crippen LogP) is 0.149. The van der Waals surface area contributed by atoms with Crippen LogP contribution in [-0.2, 0) is 9.63 Å². The highest BCUT2D eigenvalue weighted by Gasteiger charge is 2.14. The van der Waals surface area contributed by atoms with Gasteiger partial charge in [0.25, 0.3) is 5.91 Å². The Kier molecular flexibility index (Phi) is 5.19. The zero-order valence-electron chi connectivity index (χ0n) is 7.84. The van der Waals surface area contributed by atoms with Gasteiger partial charge in [0.2, 0.25) is 0 Å². The van der Waals surface area contributed by atoms with Gasteiger partial charge in [0.15, 0.2) is 0 Å². The van der Waals surface area contributed by atoms with Crippen molar-refractivity contribution in [1.29, 1.82) is 0 Å². The van der Waals surface area contributed by atoms with Crippen molar-refractivity contribution in [2.45, 2.75) is 18.1 Å². The number of amides is 1. The van der Waals surface area contributed by atoms with Crippen LogP contribution in [0.4, 0.5) is 0 Å². The average Bonchev–Trinajstić information content (AvgIpc) is 2.17. The number of piperidine rings is 1. The summed E-state index contributed by atoms with van der Waals surface area (Å²) in [6, 6.07) is 0. The van der Waals surface area contributed by atoms with Gasteiger partial charge in [-0.15, -0.1) is 11.8 Å². The van der Waals surface area contributed by atoms with Gasteiger partial charge in [0.1, 0.15) is 0 Å². The van der Waals surface area contributed by atoms with Gasteiger partial charge >= 0.3 is 0 Å². The van der Waals surface area contributed by atoms with Gasteiger partial charge in [-0.3, -0.25) is 9.63 Å². The van der Waals surface area contributed by atoms with Gasteiger partial charge in [-0.05, 0) is 25.9 Å². The van der Waals surface area contributed by atoms with Gasteiger partial charge in [-0.1, -0.05) is 0 Å². The number of hydrogen-bond donors (Lipinski definition) is 2. The fraction of sp³-hybridized carbons (Fsp3) is 0.875. The molecule has 1 fully saturated rings. The predicted molar refractivity (Wildman–Crippen MR) is 53.5 cm³/mol. The SMILES string of the molecule is CONC(=O)CSC1CCNCC1. The number of carbonyl (C=O) groups is 1. The molecule has 2 N–H and O–H groups in total. The highest BCUT2D eigenvalue weighted by atomic mass is 32.2. The number of hydrogen-bond acceptors (Lipinski definition) is 4. The molecule has 0 radical (unpaired) electrons. The van der Waals surface area contributed by atoms with Gasteiger partial charge in [0, 0.05) is 5.25 Å². The van der Waals surface area contributed by atoms with Gasteiger partial charge in [0.05, 0.1) is 12.9 Å². The van der Waals surface area contributed by atoms with E-state index in [4.69, 9.17) is 0 Å². The van der Waals surface area contributed by atoms with Crippen LogP contribution in [0.15, 0.2) is 0 Å². The lowest BCUT2D eigenvalue weighted by Gasteiger charge is -2.21. The second-order valence-electron chi connectivity index (χ2n) is 2.99. The Hall–Kier alpha value is -0.260. The smallest absolute Gasteiger partial charge is 0.253 e. The molecule has 0 aromatic rings. The summed E-state index contributed by atoms with van der Waals surface area (Å²) in [5.74, 6) is 0.449. The molecule has 4 nitrogen and oxygen atoms in total. The molecule has 0 aromatic heterocycles. The quantitative estimate of drug-likeness (QED) is 0.640. The summed E-state index contributed by atoms with van der Waals surface area (Å²) < 4.78 is 0. The van der Waals surface area contributed by atoms with E-state index in [1.54, 1.807) is 11.8 Å². The Morgan fingerprint density at radius 3 is 2.92 bits per heavy atom. The minimum Gasteiger partial charge on any atom is -0.317 e. The number of carbonyl (C=O) groups excluding carboxylic acids is 1. The van der Waals surface area contributed by atoms with Crippen LogP contribution in [0.2, 0.25) is 0 Å². The molecule has 1 aliphatic rings. The van der Waals surface area contributed by atoms with E-state index in [1.165, 1.54) is 7.11 Å². The largest absolute Gasteiger partial charge is 0.317 e. The molecule has 0 spiro atoms. The molecule has 0 atom stereocenters. The Balaban J connectivity index is 2.06. The van der Waals surface area contributed by atoms with Gasteiger partial charge in [-0.25, -0.2) is 5.48 Å². The van der Waals surface area contributed by atoms with Crippen molar-refractivity contribution < 1.29 is 9.63 Å². The summed E-state index contributed by atoms with van der Waals surface area (Å²) in [6.45, 7) is 2.15. The van der Waals surface area contributed by atoms with Crippen molar-refractivity contribution in [3.8, 4) is 0 Å². The average molecular weight is 204 g/mol. The summed E-state index contributed by atoms with van der Waals surface area (Å²) in [4.78, 5) is 15.5. The Labute approximate surface area is 82.7 Å². The van der Waals surface area contributed by atoms with E-state index >= 15 is 0 Å². The van der Waals surface area contributed by atoms with Crippen LogP contribution in [-0.4, -0.2) is 37.1 Å². The van der Waals surface area contributed by atoms with E-state index in [2.05, 4.69) is 15.6 Å². The molecule has 1 saturated heterocycles. The number of rotatable bonds is 4.